The summed E-state index contributed by atoms with van der Waals surface area (Å²) in [7, 11) is -1.11. The lowest BCUT2D eigenvalue weighted by Crippen LogP contribution is -1.91. The average Bonchev–Trinajstić information content (AvgIpc) is 2.16. The summed E-state index contributed by atoms with van der Waals surface area (Å²) in [5, 5.41) is 0. The number of unbranched alkanes of at least 4 members (excludes halogenated alkanes) is 5. The molecule has 1 unspecified atom stereocenters. The van der Waals surface area contributed by atoms with Gasteiger partial charge in [0, 0.05) is 6.16 Å². The molecule has 0 aliphatic rings. The zero-order valence-electron chi connectivity index (χ0n) is 8.96. The molecular formula is C10H23O2P. The molecule has 0 aromatic heterocycles. The van der Waals surface area contributed by atoms with Crippen LogP contribution in [0.15, 0.2) is 0 Å². The molecule has 13 heavy (non-hydrogen) atoms. The minimum Gasteiger partial charge on any atom is -0.350 e. The third kappa shape index (κ3) is 10.3. The molecule has 0 spiro atoms. The number of rotatable bonds is 9. The SMILES string of the molecule is CCCCCCCCOP(O)CC. The molecule has 0 aliphatic heterocycles. The molecule has 0 aromatic carbocycles. The fourth-order valence-electron chi connectivity index (χ4n) is 1.14. The topological polar surface area (TPSA) is 29.5 Å². The maximum atomic E-state index is 9.14. The van der Waals surface area contributed by atoms with Gasteiger partial charge in [-0.25, -0.2) is 0 Å². The highest BCUT2D eigenvalue weighted by Gasteiger charge is 1.99. The van der Waals surface area contributed by atoms with Crippen LogP contribution >= 0.6 is 8.38 Å². The van der Waals surface area contributed by atoms with Gasteiger partial charge in [-0.1, -0.05) is 46.0 Å². The first-order valence-electron chi connectivity index (χ1n) is 5.40. The van der Waals surface area contributed by atoms with E-state index < -0.39 is 8.38 Å². The Morgan fingerprint density at radius 1 is 1.00 bits per heavy atom. The molecule has 0 bridgehead atoms. The summed E-state index contributed by atoms with van der Waals surface area (Å²) in [5.74, 6) is 0. The van der Waals surface area contributed by atoms with Crippen LogP contribution in [0.1, 0.15) is 52.4 Å². The Kier molecular flexibility index (Phi) is 10.7. The maximum Gasteiger partial charge on any atom is 0.167 e. The minimum atomic E-state index is -1.11. The van der Waals surface area contributed by atoms with E-state index in [9.17, 15) is 0 Å². The average molecular weight is 206 g/mol. The van der Waals surface area contributed by atoms with Crippen LogP contribution in [-0.4, -0.2) is 17.7 Å². The van der Waals surface area contributed by atoms with Crippen molar-refractivity contribution in [1.82, 2.24) is 0 Å². The standard InChI is InChI=1S/C10H23O2P/c1-3-5-6-7-8-9-10-12-13(11)4-2/h11H,3-10H2,1-2H3. The second-order valence-corrected chi connectivity index (χ2v) is 4.86. The van der Waals surface area contributed by atoms with Gasteiger partial charge in [0.2, 0.25) is 0 Å². The van der Waals surface area contributed by atoms with Gasteiger partial charge in [0.05, 0.1) is 6.61 Å². The summed E-state index contributed by atoms with van der Waals surface area (Å²) in [4.78, 5) is 9.14. The van der Waals surface area contributed by atoms with Crippen molar-refractivity contribution in [3.63, 3.8) is 0 Å². The van der Waals surface area contributed by atoms with Crippen LogP contribution in [0.5, 0.6) is 0 Å². The lowest BCUT2D eigenvalue weighted by atomic mass is 10.1. The fraction of sp³-hybridized carbons (Fsp3) is 1.00. The maximum absolute atomic E-state index is 9.14. The first-order valence-corrected chi connectivity index (χ1v) is 6.80. The zero-order chi connectivity index (χ0) is 9.94. The molecule has 0 amide bonds. The van der Waals surface area contributed by atoms with Crippen LogP contribution in [0.3, 0.4) is 0 Å². The van der Waals surface area contributed by atoms with Gasteiger partial charge in [0.25, 0.3) is 0 Å². The van der Waals surface area contributed by atoms with Gasteiger partial charge in [-0.2, -0.15) is 0 Å². The molecule has 0 fully saturated rings. The van der Waals surface area contributed by atoms with Crippen molar-refractivity contribution in [2.45, 2.75) is 52.4 Å². The highest BCUT2D eigenvalue weighted by molar-refractivity contribution is 7.46. The monoisotopic (exact) mass is 206 g/mol. The minimum absolute atomic E-state index is 0.738. The van der Waals surface area contributed by atoms with Gasteiger partial charge in [0.15, 0.2) is 8.38 Å². The summed E-state index contributed by atoms with van der Waals surface area (Å²) in [6.45, 7) is 4.92. The van der Waals surface area contributed by atoms with Crippen LogP contribution < -0.4 is 0 Å². The fourth-order valence-corrected chi connectivity index (χ4v) is 1.67. The molecule has 0 aromatic rings. The quantitative estimate of drug-likeness (QED) is 0.460. The molecular weight excluding hydrogens is 183 g/mol. The normalized spacial score (nSPS) is 13.2. The van der Waals surface area contributed by atoms with E-state index in [1.807, 2.05) is 6.92 Å². The van der Waals surface area contributed by atoms with E-state index in [0.717, 1.165) is 19.2 Å². The van der Waals surface area contributed by atoms with Crippen molar-refractivity contribution in [2.24, 2.45) is 0 Å². The number of hydrogen-bond donors (Lipinski definition) is 1. The Bertz CT molecular complexity index is 98.9. The molecule has 1 N–H and O–H groups in total. The van der Waals surface area contributed by atoms with Crippen molar-refractivity contribution >= 4 is 8.38 Å². The summed E-state index contributed by atoms with van der Waals surface area (Å²) >= 11 is 0. The Balaban J connectivity index is 2.91. The predicted octanol–water partition coefficient (Wildman–Crippen LogP) is 3.69. The molecule has 0 radical (unpaired) electrons. The van der Waals surface area contributed by atoms with E-state index in [1.54, 1.807) is 0 Å². The first-order chi connectivity index (χ1) is 6.31. The van der Waals surface area contributed by atoms with Gasteiger partial charge < -0.3 is 9.42 Å². The summed E-state index contributed by atoms with van der Waals surface area (Å²) in [6, 6.07) is 0. The van der Waals surface area contributed by atoms with Crippen molar-refractivity contribution in [3.8, 4) is 0 Å². The Labute approximate surface area is 83.6 Å². The van der Waals surface area contributed by atoms with Crippen LogP contribution in [0.4, 0.5) is 0 Å². The third-order valence-electron chi connectivity index (χ3n) is 2.01. The van der Waals surface area contributed by atoms with Gasteiger partial charge in [0.1, 0.15) is 0 Å². The Hall–Kier alpha value is 0.350. The van der Waals surface area contributed by atoms with E-state index in [0.29, 0.717) is 0 Å². The lowest BCUT2D eigenvalue weighted by molar-refractivity contribution is 0.299. The lowest BCUT2D eigenvalue weighted by Gasteiger charge is -2.07. The van der Waals surface area contributed by atoms with E-state index in [4.69, 9.17) is 9.42 Å². The molecule has 3 heteroatoms. The van der Waals surface area contributed by atoms with Gasteiger partial charge in [-0.15, -0.1) is 0 Å². The van der Waals surface area contributed by atoms with Crippen LogP contribution in [0.2, 0.25) is 0 Å². The number of hydrogen-bond acceptors (Lipinski definition) is 2. The first kappa shape index (κ1) is 13.4. The van der Waals surface area contributed by atoms with Crippen molar-refractivity contribution in [2.75, 3.05) is 12.8 Å². The van der Waals surface area contributed by atoms with E-state index >= 15 is 0 Å². The van der Waals surface area contributed by atoms with Crippen LogP contribution in [-0.2, 0) is 4.52 Å². The molecule has 0 saturated carbocycles. The zero-order valence-corrected chi connectivity index (χ0v) is 9.85. The van der Waals surface area contributed by atoms with E-state index in [1.165, 1.54) is 32.1 Å². The Morgan fingerprint density at radius 3 is 2.23 bits per heavy atom. The second kappa shape index (κ2) is 10.4. The molecule has 0 saturated heterocycles. The molecule has 1 atom stereocenters. The van der Waals surface area contributed by atoms with Crippen molar-refractivity contribution in [1.29, 1.82) is 0 Å². The second-order valence-electron chi connectivity index (χ2n) is 3.27. The smallest absolute Gasteiger partial charge is 0.167 e. The molecule has 80 valence electrons. The summed E-state index contributed by atoms with van der Waals surface area (Å²) < 4.78 is 5.22. The van der Waals surface area contributed by atoms with Gasteiger partial charge >= 0.3 is 0 Å². The van der Waals surface area contributed by atoms with Crippen molar-refractivity contribution < 1.29 is 9.42 Å². The van der Waals surface area contributed by atoms with Crippen molar-refractivity contribution in [3.05, 3.63) is 0 Å². The highest BCUT2D eigenvalue weighted by atomic mass is 31.2. The molecule has 2 nitrogen and oxygen atoms in total. The molecule has 0 aliphatic carbocycles. The highest BCUT2D eigenvalue weighted by Crippen LogP contribution is 2.30. The van der Waals surface area contributed by atoms with Crippen LogP contribution in [0, 0.1) is 0 Å². The molecule has 0 rings (SSSR count). The largest absolute Gasteiger partial charge is 0.350 e. The van der Waals surface area contributed by atoms with Gasteiger partial charge in [-0.3, -0.25) is 0 Å². The predicted molar refractivity (Wildman–Crippen MR) is 59.0 cm³/mol. The third-order valence-corrected chi connectivity index (χ3v) is 3.03. The van der Waals surface area contributed by atoms with E-state index in [-0.39, 0.29) is 0 Å². The van der Waals surface area contributed by atoms with Crippen LogP contribution in [0.25, 0.3) is 0 Å². The summed E-state index contributed by atoms with van der Waals surface area (Å²) in [5.41, 5.74) is 0. The Morgan fingerprint density at radius 2 is 1.62 bits per heavy atom. The van der Waals surface area contributed by atoms with Gasteiger partial charge in [-0.05, 0) is 6.42 Å². The molecule has 0 heterocycles. The van der Waals surface area contributed by atoms with E-state index in [2.05, 4.69) is 6.92 Å². The summed E-state index contributed by atoms with van der Waals surface area (Å²) in [6.07, 6.45) is 8.41.